The van der Waals surface area contributed by atoms with Crippen LogP contribution in [0.4, 0.5) is 0 Å². The Morgan fingerprint density at radius 3 is 3.05 bits per heavy atom. The van der Waals surface area contributed by atoms with E-state index in [-0.39, 0.29) is 12.4 Å². The zero-order valence-electron chi connectivity index (χ0n) is 12.2. The highest BCUT2D eigenvalue weighted by molar-refractivity contribution is 7.18. The largest absolute Gasteiger partial charge is 0.454 e. The van der Waals surface area contributed by atoms with Crippen molar-refractivity contribution >= 4 is 21.6 Å². The van der Waals surface area contributed by atoms with E-state index in [4.69, 9.17) is 9.47 Å². The fourth-order valence-corrected chi connectivity index (χ4v) is 3.74. The van der Waals surface area contributed by atoms with Gasteiger partial charge in [-0.3, -0.25) is 4.79 Å². The first kappa shape index (κ1) is 13.3. The first-order valence-corrected chi connectivity index (χ1v) is 7.81. The molecule has 0 radical (unpaired) electrons. The number of thiophene rings is 1. The Bertz CT molecular complexity index is 942. The summed E-state index contributed by atoms with van der Waals surface area (Å²) in [7, 11) is 0. The summed E-state index contributed by atoms with van der Waals surface area (Å²) in [5.41, 5.74) is 1.90. The molecule has 1 aromatic carbocycles. The van der Waals surface area contributed by atoms with Gasteiger partial charge in [0.05, 0.1) is 5.39 Å². The summed E-state index contributed by atoms with van der Waals surface area (Å²) in [6, 6.07) is 5.75. The van der Waals surface area contributed by atoms with Crippen LogP contribution >= 0.6 is 11.3 Å². The second-order valence-corrected chi connectivity index (χ2v) is 6.51. The second kappa shape index (κ2) is 4.84. The van der Waals surface area contributed by atoms with Crippen molar-refractivity contribution in [3.63, 3.8) is 0 Å². The molecule has 6 heteroatoms. The molecule has 4 rings (SSSR count). The van der Waals surface area contributed by atoms with Crippen LogP contribution in [-0.4, -0.2) is 16.8 Å². The van der Waals surface area contributed by atoms with E-state index in [1.54, 1.807) is 11.3 Å². The lowest BCUT2D eigenvalue weighted by atomic mass is 10.1. The van der Waals surface area contributed by atoms with Crippen molar-refractivity contribution in [3.8, 4) is 11.5 Å². The molecule has 2 aromatic heterocycles. The highest BCUT2D eigenvalue weighted by Crippen LogP contribution is 2.36. The molecule has 0 saturated carbocycles. The summed E-state index contributed by atoms with van der Waals surface area (Å²) in [4.78, 5) is 21.7. The molecule has 3 aromatic rings. The number of aromatic amines is 1. The summed E-state index contributed by atoms with van der Waals surface area (Å²) < 4.78 is 10.9. The van der Waals surface area contributed by atoms with Crippen LogP contribution in [0.3, 0.4) is 0 Å². The average molecular weight is 314 g/mol. The van der Waals surface area contributed by atoms with Crippen LogP contribution in [0.25, 0.3) is 10.2 Å². The maximum absolute atomic E-state index is 12.3. The van der Waals surface area contributed by atoms with Gasteiger partial charge in [0.1, 0.15) is 10.7 Å². The van der Waals surface area contributed by atoms with E-state index in [0.717, 1.165) is 32.3 Å². The van der Waals surface area contributed by atoms with E-state index >= 15 is 0 Å². The van der Waals surface area contributed by atoms with Crippen molar-refractivity contribution in [2.45, 2.75) is 20.3 Å². The number of H-pyrrole nitrogens is 1. The van der Waals surface area contributed by atoms with Gasteiger partial charge in [-0.1, -0.05) is 12.1 Å². The van der Waals surface area contributed by atoms with Crippen LogP contribution in [0.1, 0.15) is 21.8 Å². The van der Waals surface area contributed by atoms with Crippen LogP contribution < -0.4 is 15.0 Å². The Morgan fingerprint density at radius 1 is 1.32 bits per heavy atom. The van der Waals surface area contributed by atoms with E-state index in [9.17, 15) is 4.79 Å². The molecule has 112 valence electrons. The highest BCUT2D eigenvalue weighted by atomic mass is 32.1. The molecule has 0 bridgehead atoms. The Labute approximate surface area is 130 Å². The topological polar surface area (TPSA) is 64.2 Å². The fourth-order valence-electron chi connectivity index (χ4n) is 2.69. The molecular weight excluding hydrogens is 300 g/mol. The van der Waals surface area contributed by atoms with Crippen molar-refractivity contribution in [1.82, 2.24) is 9.97 Å². The zero-order valence-corrected chi connectivity index (χ0v) is 13.0. The van der Waals surface area contributed by atoms with E-state index < -0.39 is 0 Å². The summed E-state index contributed by atoms with van der Waals surface area (Å²) in [6.45, 7) is 4.20. The number of nitrogens with one attached hydrogen (secondary N) is 1. The van der Waals surface area contributed by atoms with Gasteiger partial charge >= 0.3 is 0 Å². The number of benzene rings is 1. The smallest absolute Gasteiger partial charge is 0.259 e. The number of ether oxygens (including phenoxy) is 2. The van der Waals surface area contributed by atoms with E-state index in [1.165, 1.54) is 0 Å². The lowest BCUT2D eigenvalue weighted by molar-refractivity contribution is 0.173. The van der Waals surface area contributed by atoms with Crippen molar-refractivity contribution in [2.24, 2.45) is 0 Å². The first-order chi connectivity index (χ1) is 10.6. The standard InChI is InChI=1S/C16H14N2O3S/c1-8-9(2)22-16-13(8)15(19)17-12(18-16)6-10-4-3-5-11-14(10)21-7-20-11/h3-5H,6-7H2,1-2H3,(H,17,18,19). The van der Waals surface area contributed by atoms with Crippen molar-refractivity contribution in [2.75, 3.05) is 6.79 Å². The predicted octanol–water partition coefficient (Wildman–Crippen LogP) is 2.92. The van der Waals surface area contributed by atoms with Gasteiger partial charge in [0.15, 0.2) is 11.5 Å². The summed E-state index contributed by atoms with van der Waals surface area (Å²) in [5, 5.41) is 0.698. The Balaban J connectivity index is 1.80. The molecule has 0 fully saturated rings. The van der Waals surface area contributed by atoms with Gasteiger partial charge in [-0.15, -0.1) is 11.3 Å². The Kier molecular flexibility index (Phi) is 2.94. The van der Waals surface area contributed by atoms with Gasteiger partial charge in [0.25, 0.3) is 5.56 Å². The average Bonchev–Trinajstić information content (AvgIpc) is 3.05. The number of para-hydroxylation sites is 1. The third-order valence-electron chi connectivity index (χ3n) is 3.92. The van der Waals surface area contributed by atoms with Crippen molar-refractivity contribution < 1.29 is 9.47 Å². The molecule has 0 unspecified atom stereocenters. The fraction of sp³-hybridized carbons (Fsp3) is 0.250. The third-order valence-corrected chi connectivity index (χ3v) is 5.03. The minimum absolute atomic E-state index is 0.0772. The van der Waals surface area contributed by atoms with Crippen molar-refractivity contribution in [1.29, 1.82) is 0 Å². The monoisotopic (exact) mass is 314 g/mol. The normalized spacial score (nSPS) is 13.0. The molecule has 5 nitrogen and oxygen atoms in total. The maximum Gasteiger partial charge on any atom is 0.259 e. The van der Waals surface area contributed by atoms with Crippen molar-refractivity contribution in [3.05, 3.63) is 50.4 Å². The molecule has 1 aliphatic rings. The zero-order chi connectivity index (χ0) is 15.3. The minimum atomic E-state index is -0.0772. The lowest BCUT2D eigenvalue weighted by Gasteiger charge is -2.05. The Morgan fingerprint density at radius 2 is 2.18 bits per heavy atom. The van der Waals surface area contributed by atoms with Gasteiger partial charge in [0, 0.05) is 16.9 Å². The number of rotatable bonds is 2. The van der Waals surface area contributed by atoms with Gasteiger partial charge in [-0.2, -0.15) is 0 Å². The molecular formula is C16H14N2O3S. The lowest BCUT2D eigenvalue weighted by Crippen LogP contribution is -2.12. The highest BCUT2D eigenvalue weighted by Gasteiger charge is 2.19. The summed E-state index contributed by atoms with van der Waals surface area (Å²) in [6.07, 6.45) is 0.508. The van der Waals surface area contributed by atoms with Crippen LogP contribution in [0.2, 0.25) is 0 Å². The SMILES string of the molecule is Cc1sc2nc(Cc3cccc4c3OCO4)[nH]c(=O)c2c1C. The van der Waals surface area contributed by atoms with Crippen LogP contribution in [0.15, 0.2) is 23.0 Å². The summed E-state index contributed by atoms with van der Waals surface area (Å²) in [5.74, 6) is 2.12. The molecule has 0 saturated heterocycles. The van der Waals surface area contributed by atoms with Gasteiger partial charge < -0.3 is 14.5 Å². The van der Waals surface area contributed by atoms with Crippen LogP contribution in [0, 0.1) is 13.8 Å². The Hall–Kier alpha value is -2.34. The number of hydrogen-bond donors (Lipinski definition) is 1. The second-order valence-electron chi connectivity index (χ2n) is 5.30. The molecule has 22 heavy (non-hydrogen) atoms. The van der Waals surface area contributed by atoms with Crippen LogP contribution in [-0.2, 0) is 6.42 Å². The number of fused-ring (bicyclic) bond motifs is 2. The van der Waals surface area contributed by atoms with E-state index in [1.807, 2.05) is 32.0 Å². The molecule has 1 aliphatic heterocycles. The van der Waals surface area contributed by atoms with Gasteiger partial charge in [0.2, 0.25) is 6.79 Å². The minimum Gasteiger partial charge on any atom is -0.454 e. The summed E-state index contributed by atoms with van der Waals surface area (Å²) >= 11 is 1.56. The number of nitrogens with zero attached hydrogens (tertiary/aromatic N) is 1. The molecule has 1 N–H and O–H groups in total. The number of aryl methyl sites for hydroxylation is 2. The van der Waals surface area contributed by atoms with E-state index in [2.05, 4.69) is 9.97 Å². The van der Waals surface area contributed by atoms with Gasteiger partial charge in [-0.05, 0) is 25.5 Å². The van der Waals surface area contributed by atoms with Crippen LogP contribution in [0.5, 0.6) is 11.5 Å². The van der Waals surface area contributed by atoms with Gasteiger partial charge in [-0.25, -0.2) is 4.98 Å². The number of aromatic nitrogens is 2. The third kappa shape index (κ3) is 1.99. The predicted molar refractivity (Wildman–Crippen MR) is 85.1 cm³/mol. The van der Waals surface area contributed by atoms with E-state index in [0.29, 0.717) is 17.6 Å². The molecule has 3 heterocycles. The molecule has 0 spiro atoms. The molecule has 0 amide bonds. The molecule has 0 atom stereocenters. The first-order valence-electron chi connectivity index (χ1n) is 7.00. The quantitative estimate of drug-likeness (QED) is 0.790. The maximum atomic E-state index is 12.3. The number of hydrogen-bond acceptors (Lipinski definition) is 5. The molecule has 0 aliphatic carbocycles.